The molecule has 0 saturated carbocycles. The molecule has 2 heteroatoms. The van der Waals surface area contributed by atoms with Crippen LogP contribution in [0.15, 0.2) is 78.9 Å². The van der Waals surface area contributed by atoms with Gasteiger partial charge in [0, 0.05) is 12.2 Å². The fourth-order valence-corrected chi connectivity index (χ4v) is 4.39. The second-order valence-electron chi connectivity index (χ2n) is 7.63. The Bertz CT molecular complexity index is 913. The molecule has 4 rings (SSSR count). The van der Waals surface area contributed by atoms with Gasteiger partial charge >= 0.3 is 0 Å². The quantitative estimate of drug-likeness (QED) is 0.622. The molecule has 0 bridgehead atoms. The predicted molar refractivity (Wildman–Crippen MR) is 111 cm³/mol. The number of carbonyl (C=O) groups excluding carboxylic acids is 1. The first-order valence-electron chi connectivity index (χ1n) is 9.60. The minimum absolute atomic E-state index is 0.0905. The molecule has 1 saturated heterocycles. The maximum atomic E-state index is 13.4. The van der Waals surface area contributed by atoms with Crippen LogP contribution < -0.4 is 4.90 Å². The first-order valence-corrected chi connectivity index (χ1v) is 9.60. The van der Waals surface area contributed by atoms with Gasteiger partial charge in [-0.15, -0.1) is 0 Å². The third kappa shape index (κ3) is 3.66. The normalized spacial score (nSPS) is 19.5. The van der Waals surface area contributed by atoms with E-state index in [0.717, 1.165) is 24.2 Å². The number of hydrogen-bond donors (Lipinski definition) is 0. The third-order valence-corrected chi connectivity index (χ3v) is 5.43. The molecule has 136 valence electrons. The summed E-state index contributed by atoms with van der Waals surface area (Å²) in [6.07, 6.45) is 0.914. The smallest absolute Gasteiger partial charge is 0.234 e. The van der Waals surface area contributed by atoms with Crippen LogP contribution in [0.2, 0.25) is 0 Å². The summed E-state index contributed by atoms with van der Waals surface area (Å²) in [5, 5.41) is 0. The van der Waals surface area contributed by atoms with E-state index in [9.17, 15) is 4.79 Å². The molecule has 0 radical (unpaired) electrons. The lowest BCUT2D eigenvalue weighted by Crippen LogP contribution is -2.26. The highest BCUT2D eigenvalue weighted by atomic mass is 16.2. The second kappa shape index (κ2) is 7.40. The van der Waals surface area contributed by atoms with E-state index in [4.69, 9.17) is 0 Å². The Morgan fingerprint density at radius 3 is 2.07 bits per heavy atom. The Morgan fingerprint density at radius 2 is 1.44 bits per heavy atom. The first kappa shape index (κ1) is 17.5. The van der Waals surface area contributed by atoms with Crippen molar-refractivity contribution in [3.63, 3.8) is 0 Å². The lowest BCUT2D eigenvalue weighted by Gasteiger charge is -2.17. The number of nitrogens with zero attached hydrogens (tertiary/aromatic N) is 1. The van der Waals surface area contributed by atoms with Gasteiger partial charge in [0.2, 0.25) is 5.91 Å². The number of aryl methyl sites for hydroxylation is 2. The SMILES string of the molecule is Cc1cc(C)cc(C[C@@H]2CN(c3ccccc3)C(=O)[C@H]2c2ccccc2)c1. The van der Waals surface area contributed by atoms with Crippen LogP contribution in [0.5, 0.6) is 0 Å². The molecule has 2 atom stereocenters. The second-order valence-corrected chi connectivity index (χ2v) is 7.63. The van der Waals surface area contributed by atoms with Crippen molar-refractivity contribution in [1.29, 1.82) is 0 Å². The summed E-state index contributed by atoms with van der Waals surface area (Å²) in [5.74, 6) is 0.385. The van der Waals surface area contributed by atoms with Crippen molar-refractivity contribution in [2.45, 2.75) is 26.2 Å². The Kier molecular flexibility index (Phi) is 4.81. The monoisotopic (exact) mass is 355 g/mol. The van der Waals surface area contributed by atoms with Crippen molar-refractivity contribution < 1.29 is 4.79 Å². The topological polar surface area (TPSA) is 20.3 Å². The summed E-state index contributed by atoms with van der Waals surface area (Å²) in [7, 11) is 0. The standard InChI is InChI=1S/C25H25NO/c1-18-13-19(2)15-20(14-18)16-22-17-26(23-11-7-4-8-12-23)25(27)24(22)21-9-5-3-6-10-21/h3-15,22,24H,16-17H2,1-2H3/t22-,24+/m1/s1. The maximum Gasteiger partial charge on any atom is 0.234 e. The van der Waals surface area contributed by atoms with E-state index in [1.165, 1.54) is 16.7 Å². The number of carbonyl (C=O) groups is 1. The molecule has 0 unspecified atom stereocenters. The third-order valence-electron chi connectivity index (χ3n) is 5.43. The van der Waals surface area contributed by atoms with Crippen LogP contribution in [0.1, 0.15) is 28.2 Å². The highest BCUT2D eigenvalue weighted by molar-refractivity contribution is 6.00. The summed E-state index contributed by atoms with van der Waals surface area (Å²) in [4.78, 5) is 15.3. The van der Waals surface area contributed by atoms with E-state index in [-0.39, 0.29) is 17.7 Å². The van der Waals surface area contributed by atoms with Crippen LogP contribution in [-0.2, 0) is 11.2 Å². The molecule has 27 heavy (non-hydrogen) atoms. The van der Waals surface area contributed by atoms with Crippen LogP contribution in [0.3, 0.4) is 0 Å². The Balaban J connectivity index is 1.69. The molecule has 3 aromatic carbocycles. The van der Waals surface area contributed by atoms with E-state index in [2.05, 4.69) is 44.2 Å². The zero-order valence-electron chi connectivity index (χ0n) is 15.9. The summed E-state index contributed by atoms with van der Waals surface area (Å²) in [6.45, 7) is 5.04. The van der Waals surface area contributed by atoms with Gasteiger partial charge < -0.3 is 4.90 Å². The van der Waals surface area contributed by atoms with E-state index in [1.54, 1.807) is 0 Å². The Morgan fingerprint density at radius 1 is 0.852 bits per heavy atom. The lowest BCUT2D eigenvalue weighted by atomic mass is 9.84. The van der Waals surface area contributed by atoms with Gasteiger partial charge in [-0.25, -0.2) is 0 Å². The van der Waals surface area contributed by atoms with Crippen molar-refractivity contribution in [3.05, 3.63) is 101 Å². The Hall–Kier alpha value is -2.87. The maximum absolute atomic E-state index is 13.4. The average molecular weight is 355 g/mol. The summed E-state index contributed by atoms with van der Waals surface area (Å²) < 4.78 is 0. The van der Waals surface area contributed by atoms with E-state index in [0.29, 0.717) is 0 Å². The molecule has 1 aliphatic heterocycles. The summed E-state index contributed by atoms with van der Waals surface area (Å²) >= 11 is 0. The predicted octanol–water partition coefficient (Wildman–Crippen LogP) is 5.29. The first-order chi connectivity index (χ1) is 13.1. The van der Waals surface area contributed by atoms with Crippen molar-refractivity contribution in [3.8, 4) is 0 Å². The van der Waals surface area contributed by atoms with Crippen LogP contribution >= 0.6 is 0 Å². The molecular formula is C25H25NO. The van der Waals surface area contributed by atoms with Gasteiger partial charge in [0.15, 0.2) is 0 Å². The number of rotatable bonds is 4. The zero-order chi connectivity index (χ0) is 18.8. The van der Waals surface area contributed by atoms with Gasteiger partial charge in [-0.1, -0.05) is 77.9 Å². The summed E-state index contributed by atoms with van der Waals surface area (Å²) in [6, 6.07) is 27.0. The molecule has 0 aliphatic carbocycles. The largest absolute Gasteiger partial charge is 0.312 e. The van der Waals surface area contributed by atoms with Crippen molar-refractivity contribution in [1.82, 2.24) is 0 Å². The molecule has 1 fully saturated rings. The van der Waals surface area contributed by atoms with E-state index < -0.39 is 0 Å². The van der Waals surface area contributed by atoms with Crippen LogP contribution in [0.4, 0.5) is 5.69 Å². The zero-order valence-corrected chi connectivity index (χ0v) is 15.9. The van der Waals surface area contributed by atoms with Gasteiger partial charge in [-0.2, -0.15) is 0 Å². The number of para-hydroxylation sites is 1. The van der Waals surface area contributed by atoms with Gasteiger partial charge in [0.25, 0.3) is 0 Å². The molecule has 0 N–H and O–H groups in total. The fourth-order valence-electron chi connectivity index (χ4n) is 4.39. The van der Waals surface area contributed by atoms with Crippen molar-refractivity contribution in [2.24, 2.45) is 5.92 Å². The van der Waals surface area contributed by atoms with Gasteiger partial charge in [0.1, 0.15) is 0 Å². The highest BCUT2D eigenvalue weighted by Crippen LogP contribution is 2.38. The minimum atomic E-state index is -0.0905. The number of hydrogen-bond acceptors (Lipinski definition) is 1. The molecule has 2 nitrogen and oxygen atoms in total. The average Bonchev–Trinajstić information content (AvgIpc) is 2.98. The highest BCUT2D eigenvalue weighted by Gasteiger charge is 2.41. The molecule has 0 spiro atoms. The molecule has 1 aliphatic rings. The fraction of sp³-hybridized carbons (Fsp3) is 0.240. The lowest BCUT2D eigenvalue weighted by molar-refractivity contribution is -0.118. The summed E-state index contributed by atoms with van der Waals surface area (Å²) in [5.41, 5.74) is 6.00. The number of amides is 1. The Labute approximate surface area is 161 Å². The molecule has 1 amide bonds. The molecule has 0 aromatic heterocycles. The van der Waals surface area contributed by atoms with Crippen molar-refractivity contribution >= 4 is 11.6 Å². The molecule has 3 aromatic rings. The van der Waals surface area contributed by atoms with Gasteiger partial charge in [-0.3, -0.25) is 4.79 Å². The van der Waals surface area contributed by atoms with E-state index >= 15 is 0 Å². The van der Waals surface area contributed by atoms with Crippen LogP contribution in [0.25, 0.3) is 0 Å². The molecular weight excluding hydrogens is 330 g/mol. The van der Waals surface area contributed by atoms with Gasteiger partial charge in [0.05, 0.1) is 5.92 Å². The van der Waals surface area contributed by atoms with Crippen molar-refractivity contribution in [2.75, 3.05) is 11.4 Å². The van der Waals surface area contributed by atoms with Gasteiger partial charge in [-0.05, 0) is 49.4 Å². The minimum Gasteiger partial charge on any atom is -0.312 e. The number of anilines is 1. The van der Waals surface area contributed by atoms with Crippen LogP contribution in [-0.4, -0.2) is 12.5 Å². The molecule has 1 heterocycles. The number of benzene rings is 3. The van der Waals surface area contributed by atoms with Crippen LogP contribution in [0, 0.1) is 19.8 Å². The van der Waals surface area contributed by atoms with E-state index in [1.807, 2.05) is 53.4 Å².